The van der Waals surface area contributed by atoms with Crippen LogP contribution in [0.2, 0.25) is 0 Å². The van der Waals surface area contributed by atoms with Crippen LogP contribution in [0.15, 0.2) is 24.3 Å². The molecule has 0 aromatic heterocycles. The molecule has 0 atom stereocenters. The second-order valence-electron chi connectivity index (χ2n) is 6.16. The lowest BCUT2D eigenvalue weighted by Gasteiger charge is -2.31. The van der Waals surface area contributed by atoms with Crippen molar-refractivity contribution in [2.75, 3.05) is 26.7 Å². The molecule has 0 heterocycles. The van der Waals surface area contributed by atoms with Crippen LogP contribution in [0.4, 0.5) is 4.79 Å². The number of amides is 2. The molecule has 0 unspecified atom stereocenters. The third-order valence-corrected chi connectivity index (χ3v) is 4.55. The number of rotatable bonds is 5. The first-order chi connectivity index (χ1) is 10.1. The minimum Gasteiger partial charge on any atom is -0.395 e. The van der Waals surface area contributed by atoms with Gasteiger partial charge in [0.1, 0.15) is 0 Å². The molecular weight excluding hydrogens is 264 g/mol. The van der Waals surface area contributed by atoms with E-state index < -0.39 is 0 Å². The molecular formula is C17H26N2O2. The molecule has 2 amide bonds. The number of carbonyl (C=O) groups is 1. The van der Waals surface area contributed by atoms with E-state index in [1.165, 1.54) is 28.9 Å². The Labute approximate surface area is 127 Å². The molecule has 1 saturated carbocycles. The van der Waals surface area contributed by atoms with Gasteiger partial charge in [0.15, 0.2) is 0 Å². The third kappa shape index (κ3) is 3.76. The van der Waals surface area contributed by atoms with E-state index >= 15 is 0 Å². The number of carbonyl (C=O) groups excluding carboxylic acids is 1. The van der Waals surface area contributed by atoms with Crippen LogP contribution in [-0.2, 0) is 5.41 Å². The smallest absolute Gasteiger partial charge is 0.317 e. The number of hydrogen-bond donors (Lipinski definition) is 2. The van der Waals surface area contributed by atoms with Crippen molar-refractivity contribution in [3.8, 4) is 0 Å². The number of nitrogens with zero attached hydrogens (tertiary/aromatic N) is 1. The van der Waals surface area contributed by atoms with Gasteiger partial charge in [0, 0.05) is 25.6 Å². The third-order valence-electron chi connectivity index (χ3n) is 4.55. The van der Waals surface area contributed by atoms with Gasteiger partial charge in [-0.05, 0) is 25.3 Å². The molecule has 116 valence electrons. The number of hydrogen-bond acceptors (Lipinski definition) is 2. The van der Waals surface area contributed by atoms with E-state index in [0.717, 1.165) is 12.8 Å². The fraction of sp³-hybridized carbons (Fsp3) is 0.588. The average Bonchev–Trinajstić information content (AvgIpc) is 2.95. The predicted octanol–water partition coefficient (Wildman–Crippen LogP) is 2.44. The Morgan fingerprint density at radius 3 is 2.71 bits per heavy atom. The number of nitrogens with one attached hydrogen (secondary N) is 1. The van der Waals surface area contributed by atoms with E-state index in [1.54, 1.807) is 7.05 Å². The standard InChI is InChI=1S/C17H26N2O2/c1-14-6-5-7-15(12-14)17(8-3-4-9-17)13-18-16(21)19(2)10-11-20/h5-7,12,20H,3-4,8-11,13H2,1-2H3,(H,18,21). The molecule has 2 N–H and O–H groups in total. The molecule has 4 heteroatoms. The summed E-state index contributed by atoms with van der Waals surface area (Å²) in [4.78, 5) is 13.6. The van der Waals surface area contributed by atoms with Gasteiger partial charge in [-0.1, -0.05) is 42.7 Å². The Bertz CT molecular complexity index is 481. The van der Waals surface area contributed by atoms with Gasteiger partial charge >= 0.3 is 6.03 Å². The van der Waals surface area contributed by atoms with Gasteiger partial charge in [0.2, 0.25) is 0 Å². The second kappa shape index (κ2) is 6.94. The summed E-state index contributed by atoms with van der Waals surface area (Å²) in [5.74, 6) is 0. The van der Waals surface area contributed by atoms with Gasteiger partial charge in [-0.15, -0.1) is 0 Å². The molecule has 21 heavy (non-hydrogen) atoms. The lowest BCUT2D eigenvalue weighted by atomic mass is 9.78. The van der Waals surface area contributed by atoms with Crippen molar-refractivity contribution in [2.24, 2.45) is 0 Å². The molecule has 4 nitrogen and oxygen atoms in total. The van der Waals surface area contributed by atoms with Crippen molar-refractivity contribution in [3.05, 3.63) is 35.4 Å². The minimum atomic E-state index is -0.108. The molecule has 0 aliphatic heterocycles. The number of aliphatic hydroxyl groups is 1. The maximum atomic E-state index is 12.0. The summed E-state index contributed by atoms with van der Waals surface area (Å²) in [6, 6.07) is 8.53. The van der Waals surface area contributed by atoms with Crippen LogP contribution in [0, 0.1) is 6.92 Å². The van der Waals surface area contributed by atoms with Crippen LogP contribution < -0.4 is 5.32 Å². The zero-order chi connectivity index (χ0) is 15.3. The summed E-state index contributed by atoms with van der Waals surface area (Å²) < 4.78 is 0. The summed E-state index contributed by atoms with van der Waals surface area (Å²) in [5.41, 5.74) is 2.68. The summed E-state index contributed by atoms with van der Waals surface area (Å²) in [7, 11) is 1.71. The van der Waals surface area contributed by atoms with Gasteiger partial charge in [0.25, 0.3) is 0 Å². The minimum absolute atomic E-state index is 0.00700. The van der Waals surface area contributed by atoms with Gasteiger partial charge < -0.3 is 15.3 Å². The Balaban J connectivity index is 2.07. The Kier molecular flexibility index (Phi) is 5.23. The summed E-state index contributed by atoms with van der Waals surface area (Å²) in [5, 5.41) is 11.9. The number of aliphatic hydroxyl groups excluding tert-OH is 1. The van der Waals surface area contributed by atoms with Crippen molar-refractivity contribution in [1.82, 2.24) is 10.2 Å². The van der Waals surface area contributed by atoms with Crippen LogP contribution in [0.3, 0.4) is 0 Å². The van der Waals surface area contributed by atoms with Gasteiger partial charge in [-0.2, -0.15) is 0 Å². The highest BCUT2D eigenvalue weighted by molar-refractivity contribution is 5.74. The summed E-state index contributed by atoms with van der Waals surface area (Å²) >= 11 is 0. The highest BCUT2D eigenvalue weighted by atomic mass is 16.3. The maximum absolute atomic E-state index is 12.0. The largest absolute Gasteiger partial charge is 0.395 e. The molecule has 1 fully saturated rings. The quantitative estimate of drug-likeness (QED) is 0.875. The predicted molar refractivity (Wildman–Crippen MR) is 84.4 cm³/mol. The fourth-order valence-corrected chi connectivity index (χ4v) is 3.23. The molecule has 1 aromatic rings. The van der Waals surface area contributed by atoms with Crippen molar-refractivity contribution in [1.29, 1.82) is 0 Å². The van der Waals surface area contributed by atoms with Gasteiger partial charge in [-0.25, -0.2) is 4.79 Å². The van der Waals surface area contributed by atoms with Crippen LogP contribution in [0.25, 0.3) is 0 Å². The van der Waals surface area contributed by atoms with Crippen LogP contribution in [0.5, 0.6) is 0 Å². The van der Waals surface area contributed by atoms with Crippen LogP contribution in [-0.4, -0.2) is 42.8 Å². The Morgan fingerprint density at radius 2 is 2.10 bits per heavy atom. The highest BCUT2D eigenvalue weighted by Gasteiger charge is 2.36. The normalized spacial score (nSPS) is 16.7. The monoisotopic (exact) mass is 290 g/mol. The van der Waals surface area contributed by atoms with E-state index in [4.69, 9.17) is 5.11 Å². The zero-order valence-corrected chi connectivity index (χ0v) is 13.1. The van der Waals surface area contributed by atoms with Gasteiger partial charge in [-0.3, -0.25) is 0 Å². The summed E-state index contributed by atoms with van der Waals surface area (Å²) in [6.07, 6.45) is 4.69. The lowest BCUT2D eigenvalue weighted by Crippen LogP contribution is -2.45. The Morgan fingerprint density at radius 1 is 1.38 bits per heavy atom. The first-order valence-corrected chi connectivity index (χ1v) is 7.74. The first kappa shape index (κ1) is 15.8. The average molecular weight is 290 g/mol. The van der Waals surface area contributed by atoms with Crippen molar-refractivity contribution in [2.45, 2.75) is 38.0 Å². The molecule has 0 radical (unpaired) electrons. The van der Waals surface area contributed by atoms with E-state index in [9.17, 15) is 4.79 Å². The molecule has 1 aromatic carbocycles. The molecule has 0 saturated heterocycles. The second-order valence-corrected chi connectivity index (χ2v) is 6.16. The number of benzene rings is 1. The van der Waals surface area contributed by atoms with Gasteiger partial charge in [0.05, 0.1) is 6.61 Å². The molecule has 0 bridgehead atoms. The van der Waals surface area contributed by atoms with Crippen LogP contribution in [0.1, 0.15) is 36.8 Å². The zero-order valence-electron chi connectivity index (χ0n) is 13.1. The number of urea groups is 1. The first-order valence-electron chi connectivity index (χ1n) is 7.74. The van der Waals surface area contributed by atoms with E-state index in [0.29, 0.717) is 13.1 Å². The van der Waals surface area contributed by atoms with E-state index in [-0.39, 0.29) is 18.1 Å². The van der Waals surface area contributed by atoms with Crippen molar-refractivity contribution >= 4 is 6.03 Å². The van der Waals surface area contributed by atoms with E-state index in [2.05, 4.69) is 36.5 Å². The molecule has 1 aliphatic rings. The number of likely N-dealkylation sites (N-methyl/N-ethyl adjacent to an activating group) is 1. The maximum Gasteiger partial charge on any atom is 0.317 e. The Hall–Kier alpha value is -1.55. The summed E-state index contributed by atoms with van der Waals surface area (Å²) in [6.45, 7) is 3.14. The number of aryl methyl sites for hydroxylation is 1. The molecule has 1 aliphatic carbocycles. The SMILES string of the molecule is Cc1cccc(C2(CNC(=O)N(C)CCO)CCCC2)c1. The van der Waals surface area contributed by atoms with Crippen LogP contribution >= 0.6 is 0 Å². The topological polar surface area (TPSA) is 52.6 Å². The fourth-order valence-electron chi connectivity index (χ4n) is 3.23. The molecule has 2 rings (SSSR count). The van der Waals surface area contributed by atoms with Crippen molar-refractivity contribution in [3.63, 3.8) is 0 Å². The lowest BCUT2D eigenvalue weighted by molar-refractivity contribution is 0.188. The highest BCUT2D eigenvalue weighted by Crippen LogP contribution is 2.40. The molecule has 0 spiro atoms. The van der Waals surface area contributed by atoms with E-state index in [1.807, 2.05) is 0 Å². The van der Waals surface area contributed by atoms with Crippen molar-refractivity contribution < 1.29 is 9.90 Å².